The molecule has 4 rings (SSSR count). The van der Waals surface area contributed by atoms with Crippen molar-refractivity contribution < 1.29 is 41.7 Å². The summed E-state index contributed by atoms with van der Waals surface area (Å²) in [6.45, 7) is 2.83. The number of aromatic carboxylic acids is 1. The molecule has 0 spiro atoms. The Morgan fingerprint density at radius 1 is 1.07 bits per heavy atom. The van der Waals surface area contributed by atoms with Crippen LogP contribution in [0, 0.1) is 5.82 Å². The fourth-order valence-corrected chi connectivity index (χ4v) is 3.91. The molecule has 1 N–H and O–H groups in total. The number of carbonyl (C=O) groups excluding carboxylic acids is 1. The highest BCUT2D eigenvalue weighted by Crippen LogP contribution is 2.39. The Balaban J connectivity index is 1.70. The van der Waals surface area contributed by atoms with Crippen LogP contribution in [0.4, 0.5) is 23.2 Å². The minimum Gasteiger partial charge on any atom is -0.487 e. The molecule has 4 aromatic rings. The van der Waals surface area contributed by atoms with Crippen LogP contribution in [0.1, 0.15) is 45.8 Å². The summed E-state index contributed by atoms with van der Waals surface area (Å²) < 4.78 is 67.7. The van der Waals surface area contributed by atoms with Gasteiger partial charge in [0.2, 0.25) is 5.88 Å². The summed E-state index contributed by atoms with van der Waals surface area (Å²) in [5.74, 6) is -5.15. The van der Waals surface area contributed by atoms with E-state index in [4.69, 9.17) is 21.1 Å². The third kappa shape index (κ3) is 6.92. The molecule has 0 aliphatic rings. The highest BCUT2D eigenvalue weighted by atomic mass is 35.5. The lowest BCUT2D eigenvalue weighted by Crippen LogP contribution is -2.38. The normalized spacial score (nSPS) is 11.3. The number of ether oxygens (including phenoxy) is 2. The van der Waals surface area contributed by atoms with Gasteiger partial charge in [0, 0.05) is 42.3 Å². The first-order valence-electron chi connectivity index (χ1n) is 12.1. The van der Waals surface area contributed by atoms with Gasteiger partial charge in [0.1, 0.15) is 23.6 Å². The van der Waals surface area contributed by atoms with Crippen LogP contribution in [0.25, 0.3) is 0 Å². The van der Waals surface area contributed by atoms with Crippen molar-refractivity contribution in [3.63, 3.8) is 0 Å². The molecular weight excluding hydrogens is 584 g/mol. The number of alkyl halides is 3. The van der Waals surface area contributed by atoms with Crippen LogP contribution in [0.5, 0.6) is 17.4 Å². The molecule has 0 radical (unpaired) electrons. The number of carboxylic acid groups (broad SMARTS) is 1. The van der Waals surface area contributed by atoms with Crippen LogP contribution in [-0.2, 0) is 12.8 Å². The van der Waals surface area contributed by atoms with Crippen LogP contribution < -0.4 is 14.4 Å². The van der Waals surface area contributed by atoms with Gasteiger partial charge < -0.3 is 19.5 Å². The number of halogens is 5. The Kier molecular flexibility index (Phi) is 8.90. The summed E-state index contributed by atoms with van der Waals surface area (Å²) in [6, 6.07) is 7.28. The minimum atomic E-state index is -4.97. The number of hydrogen-bond donors (Lipinski definition) is 1. The van der Waals surface area contributed by atoms with Crippen molar-refractivity contribution in [3.8, 4) is 17.4 Å². The summed E-state index contributed by atoms with van der Waals surface area (Å²) in [5.41, 5.74) is -2.39. The van der Waals surface area contributed by atoms with E-state index in [2.05, 4.69) is 15.0 Å². The molecule has 3 heterocycles. The van der Waals surface area contributed by atoms with Crippen molar-refractivity contribution >= 4 is 29.2 Å². The van der Waals surface area contributed by atoms with Crippen LogP contribution >= 0.6 is 11.6 Å². The Morgan fingerprint density at radius 2 is 1.83 bits per heavy atom. The molecule has 0 bridgehead atoms. The van der Waals surface area contributed by atoms with E-state index >= 15 is 4.39 Å². The van der Waals surface area contributed by atoms with Crippen molar-refractivity contribution in [3.05, 3.63) is 100 Å². The van der Waals surface area contributed by atoms with E-state index in [1.807, 2.05) is 0 Å². The number of anilines is 1. The van der Waals surface area contributed by atoms with Crippen molar-refractivity contribution in [1.82, 2.24) is 15.0 Å². The monoisotopic (exact) mass is 604 g/mol. The molecule has 0 aliphatic carbocycles. The van der Waals surface area contributed by atoms with Gasteiger partial charge in [-0.15, -0.1) is 0 Å². The number of carbonyl (C=O) groups is 2. The van der Waals surface area contributed by atoms with Gasteiger partial charge in [-0.25, -0.2) is 19.2 Å². The van der Waals surface area contributed by atoms with Crippen molar-refractivity contribution in [2.45, 2.75) is 32.7 Å². The van der Waals surface area contributed by atoms with Crippen molar-refractivity contribution in [1.29, 1.82) is 0 Å². The van der Waals surface area contributed by atoms with E-state index in [-0.39, 0.29) is 28.6 Å². The van der Waals surface area contributed by atoms with Crippen LogP contribution in [0.15, 0.2) is 67.3 Å². The first-order valence-corrected chi connectivity index (χ1v) is 12.5. The average molecular weight is 605 g/mol. The molecule has 0 atom stereocenters. The molecule has 0 aliphatic heterocycles. The van der Waals surface area contributed by atoms with E-state index in [1.165, 1.54) is 30.7 Å². The van der Waals surface area contributed by atoms with Gasteiger partial charge in [-0.05, 0) is 44.2 Å². The predicted molar refractivity (Wildman–Crippen MR) is 142 cm³/mol. The molecule has 9 nitrogen and oxygen atoms in total. The fourth-order valence-electron chi connectivity index (χ4n) is 3.80. The summed E-state index contributed by atoms with van der Waals surface area (Å²) in [5, 5.41) is 10.1. The third-order valence-corrected chi connectivity index (χ3v) is 5.91. The topological polar surface area (TPSA) is 115 Å². The number of nitrogens with zero attached hydrogens (tertiary/aromatic N) is 4. The first-order chi connectivity index (χ1) is 19.8. The molecular formula is C28H21ClF4N4O5. The zero-order valence-corrected chi connectivity index (χ0v) is 22.7. The zero-order chi connectivity index (χ0) is 30.6. The second-order valence-corrected chi connectivity index (χ2v) is 9.45. The summed E-state index contributed by atoms with van der Waals surface area (Å²) in [7, 11) is 0. The lowest BCUT2D eigenvalue weighted by Gasteiger charge is -2.28. The second kappa shape index (κ2) is 12.4. The number of carboxylic acids is 1. The van der Waals surface area contributed by atoms with Gasteiger partial charge in [0.05, 0.1) is 22.5 Å². The Morgan fingerprint density at radius 3 is 2.43 bits per heavy atom. The highest BCUT2D eigenvalue weighted by molar-refractivity contribution is 6.30. The average Bonchev–Trinajstić information content (AvgIpc) is 2.93. The number of aromatic nitrogens is 3. The molecule has 0 saturated carbocycles. The molecule has 3 aromatic heterocycles. The summed E-state index contributed by atoms with van der Waals surface area (Å²) in [4.78, 5) is 37.8. The van der Waals surface area contributed by atoms with Crippen molar-refractivity contribution in [2.24, 2.45) is 0 Å². The smallest absolute Gasteiger partial charge is 0.421 e. The molecule has 0 fully saturated rings. The van der Waals surface area contributed by atoms with Gasteiger partial charge in [-0.3, -0.25) is 9.78 Å². The van der Waals surface area contributed by atoms with Gasteiger partial charge >= 0.3 is 12.1 Å². The van der Waals surface area contributed by atoms with Gasteiger partial charge in [-0.2, -0.15) is 13.2 Å². The number of hydrogen-bond acceptors (Lipinski definition) is 7. The fraction of sp³-hybridized carbons (Fsp3) is 0.179. The number of benzene rings is 1. The van der Waals surface area contributed by atoms with E-state index < -0.39 is 52.7 Å². The number of pyridine rings is 3. The lowest BCUT2D eigenvalue weighted by atomic mass is 10.1. The first kappa shape index (κ1) is 30.2. The van der Waals surface area contributed by atoms with Gasteiger partial charge in [0.25, 0.3) is 5.91 Å². The number of rotatable bonds is 9. The molecule has 42 heavy (non-hydrogen) atoms. The van der Waals surface area contributed by atoms with Crippen LogP contribution in [0.3, 0.4) is 0 Å². The highest BCUT2D eigenvalue weighted by Gasteiger charge is 2.37. The zero-order valence-electron chi connectivity index (χ0n) is 21.9. The molecule has 0 unspecified atom stereocenters. The SMILES string of the molecule is CC(C)N(C(=O)c1ccc(Cl)cn1)c1cc(F)c(Oc2ncc(COc3cccnc3)cc2C(F)(F)F)cc1C(=O)O. The van der Waals surface area contributed by atoms with E-state index in [1.54, 1.807) is 26.0 Å². The molecule has 1 amide bonds. The maximum absolute atomic E-state index is 15.3. The molecule has 218 valence electrons. The summed E-state index contributed by atoms with van der Waals surface area (Å²) >= 11 is 5.82. The Labute approximate surface area is 241 Å². The standard InChI is InChI=1S/C28H21ClF4N4O5/c1-15(2)37(26(38)22-6-5-17(29)12-35-22)23-10-21(30)24(9-19(23)27(39)40)42-25-20(28(31,32)33)8-16(11-36-25)14-41-18-4-3-7-34-13-18/h3-13,15H,14H2,1-2H3,(H,39,40). The third-order valence-electron chi connectivity index (χ3n) is 5.68. The second-order valence-electron chi connectivity index (χ2n) is 9.01. The van der Waals surface area contributed by atoms with Gasteiger partial charge in [-0.1, -0.05) is 11.6 Å². The molecule has 14 heteroatoms. The summed E-state index contributed by atoms with van der Waals surface area (Å²) in [6.07, 6.45) is 0.167. The maximum Gasteiger partial charge on any atom is 0.421 e. The van der Waals surface area contributed by atoms with E-state index in [0.29, 0.717) is 17.9 Å². The molecule has 0 saturated heterocycles. The van der Waals surface area contributed by atoms with Crippen LogP contribution in [0.2, 0.25) is 5.02 Å². The minimum absolute atomic E-state index is 0.0301. The van der Waals surface area contributed by atoms with E-state index in [0.717, 1.165) is 17.2 Å². The quantitative estimate of drug-likeness (QED) is 0.207. The van der Waals surface area contributed by atoms with E-state index in [9.17, 15) is 27.9 Å². The van der Waals surface area contributed by atoms with Gasteiger partial charge in [0.15, 0.2) is 11.6 Å². The largest absolute Gasteiger partial charge is 0.487 e. The number of amides is 1. The maximum atomic E-state index is 15.3. The molecule has 1 aromatic carbocycles. The Bertz CT molecular complexity index is 1600. The Hall–Kier alpha value is -4.78. The van der Waals surface area contributed by atoms with Crippen molar-refractivity contribution in [2.75, 3.05) is 4.90 Å². The lowest BCUT2D eigenvalue weighted by molar-refractivity contribution is -0.139. The predicted octanol–water partition coefficient (Wildman–Crippen LogP) is 6.81. The van der Waals surface area contributed by atoms with Crippen LogP contribution in [-0.4, -0.2) is 38.0 Å².